The largest absolute Gasteiger partial charge is 0.326 e. The third-order valence-corrected chi connectivity index (χ3v) is 7.30. The number of anilines is 2. The molecule has 4 nitrogen and oxygen atoms in total. The molecule has 1 saturated carbocycles. The zero-order chi connectivity index (χ0) is 26.4. The van der Waals surface area contributed by atoms with E-state index in [1.54, 1.807) is 18.2 Å². The monoisotopic (exact) mass is 588 g/mol. The Morgan fingerprint density at radius 2 is 1.58 bits per heavy atom. The normalized spacial score (nSPS) is 17.9. The number of hydrogen-bond acceptors (Lipinski definition) is 2. The van der Waals surface area contributed by atoms with Gasteiger partial charge in [0.25, 0.3) is 5.91 Å². The summed E-state index contributed by atoms with van der Waals surface area (Å²) in [5, 5.41) is 5.95. The van der Waals surface area contributed by atoms with E-state index in [9.17, 15) is 18.4 Å². The van der Waals surface area contributed by atoms with E-state index < -0.39 is 39.6 Å². The molecule has 11 heteroatoms. The second kappa shape index (κ2) is 10.2. The Morgan fingerprint density at radius 1 is 0.917 bits per heavy atom. The molecule has 3 aromatic rings. The lowest BCUT2D eigenvalue weighted by Crippen LogP contribution is -2.18. The predicted octanol–water partition coefficient (Wildman–Crippen LogP) is 8.35. The molecule has 186 valence electrons. The molecule has 1 aliphatic rings. The number of amides is 2. The van der Waals surface area contributed by atoms with Crippen molar-refractivity contribution < 1.29 is 18.4 Å². The second-order valence-electron chi connectivity index (χ2n) is 8.04. The lowest BCUT2D eigenvalue weighted by atomic mass is 10.1. The molecule has 3 aromatic carbocycles. The average molecular weight is 591 g/mol. The lowest BCUT2D eigenvalue weighted by Gasteiger charge is -2.11. The zero-order valence-electron chi connectivity index (χ0n) is 18.0. The van der Waals surface area contributed by atoms with Gasteiger partial charge in [0.05, 0.1) is 16.5 Å². The van der Waals surface area contributed by atoms with Gasteiger partial charge in [0.15, 0.2) is 11.6 Å². The molecule has 0 radical (unpaired) electrons. The highest BCUT2D eigenvalue weighted by Crippen LogP contribution is 2.65. The Hall–Kier alpha value is -2.35. The maximum absolute atomic E-state index is 13.8. The van der Waals surface area contributed by atoms with Crippen LogP contribution in [0.15, 0.2) is 55.1 Å². The molecule has 1 fully saturated rings. The first-order chi connectivity index (χ1) is 16.9. The van der Waals surface area contributed by atoms with Crippen molar-refractivity contribution in [3.63, 3.8) is 0 Å². The lowest BCUT2D eigenvalue weighted by molar-refractivity contribution is -0.117. The van der Waals surface area contributed by atoms with E-state index in [4.69, 9.17) is 58.0 Å². The van der Waals surface area contributed by atoms with Gasteiger partial charge in [-0.25, -0.2) is 8.78 Å². The highest BCUT2D eigenvalue weighted by atomic mass is 35.5. The number of rotatable bonds is 6. The highest BCUT2D eigenvalue weighted by molar-refractivity contribution is 6.53. The average Bonchev–Trinajstić information content (AvgIpc) is 3.38. The second-order valence-corrected chi connectivity index (χ2v) is 10.8. The number of halogens is 7. The van der Waals surface area contributed by atoms with Crippen molar-refractivity contribution in [1.82, 2.24) is 0 Å². The first-order valence-electron chi connectivity index (χ1n) is 10.3. The summed E-state index contributed by atoms with van der Waals surface area (Å²) in [5.41, 5.74) is 0.707. The van der Waals surface area contributed by atoms with Crippen LogP contribution in [0.4, 0.5) is 20.2 Å². The Labute approximate surface area is 230 Å². The van der Waals surface area contributed by atoms with Crippen molar-refractivity contribution in [2.75, 3.05) is 10.6 Å². The molecule has 0 bridgehead atoms. The van der Waals surface area contributed by atoms with Crippen molar-refractivity contribution in [1.29, 1.82) is 0 Å². The minimum absolute atomic E-state index is 0.00521. The summed E-state index contributed by atoms with van der Waals surface area (Å²) in [6.07, 6.45) is 1.12. The quantitative estimate of drug-likeness (QED) is 0.284. The van der Waals surface area contributed by atoms with Crippen molar-refractivity contribution in [2.24, 2.45) is 5.92 Å². The van der Waals surface area contributed by atoms with Gasteiger partial charge < -0.3 is 10.6 Å². The standard InChI is InChI=1S/C25H15Cl5F2N2O2/c1-2-11-7-16(10-19(31)22(11)32)34-23(35)17-9-15(3-4-18(17)28)33-24(36)21-20(25(21,29)30)12-5-13(26)8-14(27)6-12/h2-10,20-21H,1H2,(H,33,36)(H,34,35). The number of hydrogen-bond donors (Lipinski definition) is 2. The van der Waals surface area contributed by atoms with Gasteiger partial charge in [0.2, 0.25) is 5.91 Å². The van der Waals surface area contributed by atoms with Gasteiger partial charge in [-0.15, -0.1) is 23.2 Å². The third-order valence-electron chi connectivity index (χ3n) is 5.59. The van der Waals surface area contributed by atoms with Crippen LogP contribution < -0.4 is 10.6 Å². The van der Waals surface area contributed by atoms with E-state index >= 15 is 0 Å². The van der Waals surface area contributed by atoms with Gasteiger partial charge in [-0.1, -0.05) is 47.5 Å². The first-order valence-corrected chi connectivity index (χ1v) is 12.2. The van der Waals surface area contributed by atoms with E-state index in [1.165, 1.54) is 24.3 Å². The minimum Gasteiger partial charge on any atom is -0.326 e. The summed E-state index contributed by atoms with van der Waals surface area (Å²) in [6.45, 7) is 3.41. The maximum Gasteiger partial charge on any atom is 0.257 e. The molecule has 0 heterocycles. The van der Waals surface area contributed by atoms with Gasteiger partial charge in [-0.2, -0.15) is 0 Å². The molecule has 2 unspecified atom stereocenters. The fourth-order valence-corrected chi connectivity index (χ4v) is 5.42. The number of carbonyl (C=O) groups excluding carboxylic acids is 2. The molecule has 0 aromatic heterocycles. The molecule has 0 spiro atoms. The molecule has 2 N–H and O–H groups in total. The van der Waals surface area contributed by atoms with Crippen LogP contribution in [0.2, 0.25) is 15.1 Å². The van der Waals surface area contributed by atoms with Crippen LogP contribution in [0.1, 0.15) is 27.4 Å². The fraction of sp³-hybridized carbons (Fsp3) is 0.120. The first kappa shape index (κ1) is 26.7. The van der Waals surface area contributed by atoms with Crippen LogP contribution in [-0.2, 0) is 4.79 Å². The molecular weight excluding hydrogens is 576 g/mol. The van der Waals surface area contributed by atoms with E-state index in [2.05, 4.69) is 17.2 Å². The van der Waals surface area contributed by atoms with Gasteiger partial charge in [0, 0.05) is 39.0 Å². The van der Waals surface area contributed by atoms with Crippen LogP contribution in [0, 0.1) is 17.6 Å². The molecule has 0 saturated heterocycles. The summed E-state index contributed by atoms with van der Waals surface area (Å²) in [4.78, 5) is 25.8. The molecule has 0 aliphatic heterocycles. The van der Waals surface area contributed by atoms with Crippen molar-refractivity contribution in [2.45, 2.75) is 10.3 Å². The van der Waals surface area contributed by atoms with Gasteiger partial charge in [0.1, 0.15) is 4.33 Å². The van der Waals surface area contributed by atoms with Crippen molar-refractivity contribution >= 4 is 87.3 Å². The number of benzene rings is 3. The Bertz CT molecular complexity index is 1390. The Morgan fingerprint density at radius 3 is 2.22 bits per heavy atom. The molecule has 1 aliphatic carbocycles. The zero-order valence-corrected chi connectivity index (χ0v) is 21.8. The van der Waals surface area contributed by atoms with Crippen LogP contribution in [0.3, 0.4) is 0 Å². The van der Waals surface area contributed by atoms with Crippen LogP contribution >= 0.6 is 58.0 Å². The fourth-order valence-electron chi connectivity index (χ4n) is 3.85. The SMILES string of the molecule is C=Cc1cc(NC(=O)c2cc(NC(=O)C3C(c4cc(Cl)cc(Cl)c4)C3(Cl)Cl)ccc2Cl)cc(F)c1F. The highest BCUT2D eigenvalue weighted by Gasteiger charge is 2.67. The minimum atomic E-state index is -1.39. The molecule has 4 rings (SSSR count). The summed E-state index contributed by atoms with van der Waals surface area (Å²) < 4.78 is 26.2. The Kier molecular flexibility index (Phi) is 7.56. The summed E-state index contributed by atoms with van der Waals surface area (Å²) in [7, 11) is 0. The van der Waals surface area contributed by atoms with Gasteiger partial charge in [-0.05, 0) is 48.0 Å². The third kappa shape index (κ3) is 5.34. The van der Waals surface area contributed by atoms with Crippen LogP contribution in [0.25, 0.3) is 6.08 Å². The summed E-state index contributed by atoms with van der Waals surface area (Å²) in [6, 6.07) is 11.1. The number of nitrogens with one attached hydrogen (secondary N) is 2. The van der Waals surface area contributed by atoms with Crippen LogP contribution in [-0.4, -0.2) is 16.1 Å². The van der Waals surface area contributed by atoms with E-state index in [0.717, 1.165) is 12.1 Å². The van der Waals surface area contributed by atoms with Crippen molar-refractivity contribution in [3.05, 3.63) is 98.5 Å². The topological polar surface area (TPSA) is 58.2 Å². The molecule has 36 heavy (non-hydrogen) atoms. The number of alkyl halides is 2. The van der Waals surface area contributed by atoms with Gasteiger partial charge >= 0.3 is 0 Å². The van der Waals surface area contributed by atoms with Gasteiger partial charge in [-0.3, -0.25) is 9.59 Å². The van der Waals surface area contributed by atoms with Crippen molar-refractivity contribution in [3.8, 4) is 0 Å². The van der Waals surface area contributed by atoms with E-state index in [-0.39, 0.29) is 27.5 Å². The molecular formula is C25H15Cl5F2N2O2. The summed E-state index contributed by atoms with van der Waals surface area (Å²) in [5.74, 6) is -4.81. The summed E-state index contributed by atoms with van der Waals surface area (Å²) >= 11 is 31.1. The van der Waals surface area contributed by atoms with Crippen LogP contribution in [0.5, 0.6) is 0 Å². The number of carbonyl (C=O) groups is 2. The smallest absolute Gasteiger partial charge is 0.257 e. The predicted molar refractivity (Wildman–Crippen MR) is 142 cm³/mol. The molecule has 2 atom stereocenters. The van der Waals surface area contributed by atoms with E-state index in [1.807, 2.05) is 0 Å². The Balaban J connectivity index is 1.52. The van der Waals surface area contributed by atoms with E-state index in [0.29, 0.717) is 15.6 Å². The maximum atomic E-state index is 13.8. The molecule has 2 amide bonds.